The van der Waals surface area contributed by atoms with Gasteiger partial charge in [-0.1, -0.05) is 74.1 Å². The summed E-state index contributed by atoms with van der Waals surface area (Å²) in [6, 6.07) is 0. The number of esters is 2. The first-order chi connectivity index (χ1) is 10.9. The van der Waals surface area contributed by atoms with Crippen LogP contribution in [0.25, 0.3) is 0 Å². The fraction of sp³-hybridized carbons (Fsp3) is 0.900. The molecule has 0 amide bonds. The molecular weight excluding hydrogens is 304 g/mol. The second-order valence-corrected chi connectivity index (χ2v) is 9.14. The number of carbonyl (C=O) groups is 2. The third-order valence-corrected chi connectivity index (χ3v) is 3.47. The molecule has 0 N–H and O–H groups in total. The Kier molecular flexibility index (Phi) is 10.3. The van der Waals surface area contributed by atoms with Gasteiger partial charge in [0, 0.05) is 0 Å². The Hall–Kier alpha value is -1.06. The quantitative estimate of drug-likeness (QED) is 0.407. The van der Waals surface area contributed by atoms with Crippen LogP contribution in [0.2, 0.25) is 0 Å². The van der Waals surface area contributed by atoms with Crippen molar-refractivity contribution in [2.75, 3.05) is 13.2 Å². The number of rotatable bonds is 10. The van der Waals surface area contributed by atoms with Gasteiger partial charge < -0.3 is 9.47 Å². The zero-order valence-electron chi connectivity index (χ0n) is 16.9. The Bertz CT molecular complexity index is 374. The molecule has 0 bridgehead atoms. The molecule has 1 atom stereocenters. The van der Waals surface area contributed by atoms with Crippen LogP contribution in [0.15, 0.2) is 0 Å². The predicted octanol–water partition coefficient (Wildman–Crippen LogP) is 5.14. The molecule has 24 heavy (non-hydrogen) atoms. The van der Waals surface area contributed by atoms with Gasteiger partial charge in [0.25, 0.3) is 0 Å². The SMILES string of the molecule is CCCCCCC(CC(=O)OCC(C)(C)C)C(=O)OCC(C)(C)C. The largest absolute Gasteiger partial charge is 0.465 e. The molecule has 0 aliphatic heterocycles. The fourth-order valence-corrected chi connectivity index (χ4v) is 2.08. The minimum Gasteiger partial charge on any atom is -0.465 e. The van der Waals surface area contributed by atoms with Crippen LogP contribution in [0, 0.1) is 16.7 Å². The summed E-state index contributed by atoms with van der Waals surface area (Å²) >= 11 is 0. The van der Waals surface area contributed by atoms with Crippen LogP contribution in [0.1, 0.15) is 87.0 Å². The maximum absolute atomic E-state index is 12.4. The van der Waals surface area contributed by atoms with Crippen molar-refractivity contribution in [3.8, 4) is 0 Å². The molecule has 0 aliphatic rings. The number of ether oxygens (including phenoxy) is 2. The molecule has 1 unspecified atom stereocenters. The summed E-state index contributed by atoms with van der Waals surface area (Å²) in [5, 5.41) is 0. The zero-order valence-corrected chi connectivity index (χ0v) is 16.9. The van der Waals surface area contributed by atoms with E-state index in [2.05, 4.69) is 6.92 Å². The second kappa shape index (κ2) is 10.7. The van der Waals surface area contributed by atoms with Crippen LogP contribution in [-0.4, -0.2) is 25.2 Å². The Morgan fingerprint density at radius 3 is 1.88 bits per heavy atom. The molecule has 4 nitrogen and oxygen atoms in total. The van der Waals surface area contributed by atoms with Crippen molar-refractivity contribution in [1.82, 2.24) is 0 Å². The van der Waals surface area contributed by atoms with E-state index in [9.17, 15) is 9.59 Å². The highest BCUT2D eigenvalue weighted by atomic mass is 16.5. The van der Waals surface area contributed by atoms with E-state index in [-0.39, 0.29) is 29.2 Å². The van der Waals surface area contributed by atoms with Crippen molar-refractivity contribution in [3.05, 3.63) is 0 Å². The van der Waals surface area contributed by atoms with Gasteiger partial charge in [-0.25, -0.2) is 0 Å². The molecule has 4 heteroatoms. The molecule has 0 spiro atoms. The summed E-state index contributed by atoms with van der Waals surface area (Å²) in [6.45, 7) is 15.0. The van der Waals surface area contributed by atoms with E-state index in [1.165, 1.54) is 0 Å². The van der Waals surface area contributed by atoms with Crippen LogP contribution < -0.4 is 0 Å². The molecule has 0 rings (SSSR count). The monoisotopic (exact) mass is 342 g/mol. The zero-order chi connectivity index (χ0) is 18.8. The maximum atomic E-state index is 12.4. The summed E-state index contributed by atoms with van der Waals surface area (Å²) in [4.78, 5) is 24.4. The molecule has 0 saturated carbocycles. The smallest absolute Gasteiger partial charge is 0.309 e. The van der Waals surface area contributed by atoms with Gasteiger partial charge in [0.1, 0.15) is 0 Å². The number of unbranched alkanes of at least 4 members (excludes halogenated alkanes) is 3. The molecule has 0 aromatic carbocycles. The molecule has 0 aromatic rings. The van der Waals surface area contributed by atoms with Crippen LogP contribution >= 0.6 is 0 Å². The molecular formula is C20H38O4. The van der Waals surface area contributed by atoms with E-state index < -0.39 is 5.92 Å². The van der Waals surface area contributed by atoms with Crippen molar-refractivity contribution in [3.63, 3.8) is 0 Å². The Morgan fingerprint density at radius 1 is 0.833 bits per heavy atom. The lowest BCUT2D eigenvalue weighted by molar-refractivity contribution is -0.158. The van der Waals surface area contributed by atoms with Gasteiger partial charge in [-0.3, -0.25) is 9.59 Å². The highest BCUT2D eigenvalue weighted by molar-refractivity contribution is 5.80. The maximum Gasteiger partial charge on any atom is 0.309 e. The Balaban J connectivity index is 4.55. The van der Waals surface area contributed by atoms with E-state index in [4.69, 9.17) is 9.47 Å². The third kappa shape index (κ3) is 13.4. The lowest BCUT2D eigenvalue weighted by Gasteiger charge is -2.22. The summed E-state index contributed by atoms with van der Waals surface area (Å²) in [5.74, 6) is -0.969. The predicted molar refractivity (Wildman–Crippen MR) is 97.7 cm³/mol. The highest BCUT2D eigenvalue weighted by Gasteiger charge is 2.26. The van der Waals surface area contributed by atoms with Crippen LogP contribution in [0.3, 0.4) is 0 Å². The first kappa shape index (κ1) is 22.9. The molecule has 0 fully saturated rings. The van der Waals surface area contributed by atoms with Crippen molar-refractivity contribution in [2.45, 2.75) is 87.0 Å². The molecule has 0 radical (unpaired) electrons. The molecule has 0 aliphatic carbocycles. The Morgan fingerprint density at radius 2 is 1.38 bits per heavy atom. The summed E-state index contributed by atoms with van der Waals surface area (Å²) in [7, 11) is 0. The molecule has 142 valence electrons. The van der Waals surface area contributed by atoms with Gasteiger partial charge in [-0.05, 0) is 17.3 Å². The van der Waals surface area contributed by atoms with Gasteiger partial charge in [0.2, 0.25) is 0 Å². The average Bonchev–Trinajstić information content (AvgIpc) is 2.44. The van der Waals surface area contributed by atoms with Crippen molar-refractivity contribution in [2.24, 2.45) is 16.7 Å². The standard InChI is InChI=1S/C20H38O4/c1-8-9-10-11-12-16(18(22)24-15-20(5,6)7)13-17(21)23-14-19(2,3)4/h16H,8-15H2,1-7H3. The molecule has 0 saturated heterocycles. The number of carbonyl (C=O) groups excluding carboxylic acids is 2. The van der Waals surface area contributed by atoms with E-state index in [0.717, 1.165) is 25.7 Å². The molecule has 0 aromatic heterocycles. The summed E-state index contributed by atoms with van der Waals surface area (Å²) < 4.78 is 10.7. The van der Waals surface area contributed by atoms with Gasteiger partial charge in [-0.2, -0.15) is 0 Å². The minimum absolute atomic E-state index is 0.0704. The second-order valence-electron chi connectivity index (χ2n) is 9.14. The summed E-state index contributed by atoms with van der Waals surface area (Å²) in [6.07, 6.45) is 5.12. The Labute approximate surface area is 148 Å². The molecule has 0 heterocycles. The van der Waals surface area contributed by atoms with E-state index in [1.807, 2.05) is 41.5 Å². The van der Waals surface area contributed by atoms with Gasteiger partial charge in [-0.15, -0.1) is 0 Å². The fourth-order valence-electron chi connectivity index (χ4n) is 2.08. The van der Waals surface area contributed by atoms with Crippen molar-refractivity contribution < 1.29 is 19.1 Å². The third-order valence-electron chi connectivity index (χ3n) is 3.47. The first-order valence-electron chi connectivity index (χ1n) is 9.27. The van der Waals surface area contributed by atoms with Gasteiger partial charge >= 0.3 is 11.9 Å². The number of hydrogen-bond donors (Lipinski definition) is 0. The normalized spacial score (nSPS) is 13.5. The average molecular weight is 343 g/mol. The lowest BCUT2D eigenvalue weighted by Crippen LogP contribution is -2.27. The van der Waals surface area contributed by atoms with Gasteiger partial charge in [0.15, 0.2) is 0 Å². The van der Waals surface area contributed by atoms with Crippen LogP contribution in [-0.2, 0) is 19.1 Å². The van der Waals surface area contributed by atoms with E-state index >= 15 is 0 Å². The topological polar surface area (TPSA) is 52.6 Å². The lowest BCUT2D eigenvalue weighted by atomic mass is 9.96. The van der Waals surface area contributed by atoms with Crippen LogP contribution in [0.4, 0.5) is 0 Å². The summed E-state index contributed by atoms with van der Waals surface area (Å²) in [5.41, 5.74) is -0.145. The minimum atomic E-state index is -0.392. The van der Waals surface area contributed by atoms with Crippen molar-refractivity contribution in [1.29, 1.82) is 0 Å². The first-order valence-corrected chi connectivity index (χ1v) is 9.27. The van der Waals surface area contributed by atoms with Crippen LogP contribution in [0.5, 0.6) is 0 Å². The van der Waals surface area contributed by atoms with Gasteiger partial charge in [0.05, 0.1) is 25.6 Å². The highest BCUT2D eigenvalue weighted by Crippen LogP contribution is 2.21. The van der Waals surface area contributed by atoms with E-state index in [1.54, 1.807) is 0 Å². The van der Waals surface area contributed by atoms with Crippen molar-refractivity contribution >= 4 is 11.9 Å². The number of hydrogen-bond acceptors (Lipinski definition) is 4. The van der Waals surface area contributed by atoms with E-state index in [0.29, 0.717) is 19.6 Å².